The molecule has 0 fully saturated rings. The van der Waals surface area contributed by atoms with Gasteiger partial charge < -0.3 is 14.6 Å². The summed E-state index contributed by atoms with van der Waals surface area (Å²) in [7, 11) is 0. The van der Waals surface area contributed by atoms with Crippen LogP contribution in [0.2, 0.25) is 0 Å². The maximum atomic E-state index is 8.64. The SMILES string of the molecule is CCCCCOCCOc1cccc(C#CCO)c1. The fourth-order valence-electron chi connectivity index (χ4n) is 1.58. The third-order valence-electron chi connectivity index (χ3n) is 2.53. The summed E-state index contributed by atoms with van der Waals surface area (Å²) in [6, 6.07) is 7.52. The van der Waals surface area contributed by atoms with E-state index in [9.17, 15) is 0 Å². The Morgan fingerprint density at radius 2 is 2.05 bits per heavy atom. The molecule has 0 aromatic heterocycles. The van der Waals surface area contributed by atoms with Gasteiger partial charge in [-0.25, -0.2) is 0 Å². The zero-order valence-corrected chi connectivity index (χ0v) is 11.5. The van der Waals surface area contributed by atoms with Gasteiger partial charge in [-0.05, 0) is 24.6 Å². The van der Waals surface area contributed by atoms with Gasteiger partial charge >= 0.3 is 0 Å². The lowest BCUT2D eigenvalue weighted by atomic mass is 10.2. The zero-order valence-electron chi connectivity index (χ0n) is 11.5. The van der Waals surface area contributed by atoms with Crippen LogP contribution in [0.5, 0.6) is 5.75 Å². The smallest absolute Gasteiger partial charge is 0.120 e. The highest BCUT2D eigenvalue weighted by atomic mass is 16.5. The maximum absolute atomic E-state index is 8.64. The van der Waals surface area contributed by atoms with Crippen LogP contribution in [0.1, 0.15) is 31.7 Å². The van der Waals surface area contributed by atoms with Crippen LogP contribution in [0.15, 0.2) is 24.3 Å². The number of hydrogen-bond donors (Lipinski definition) is 1. The van der Waals surface area contributed by atoms with E-state index in [4.69, 9.17) is 14.6 Å². The summed E-state index contributed by atoms with van der Waals surface area (Å²) in [5, 5.41) is 8.64. The van der Waals surface area contributed by atoms with E-state index in [1.807, 2.05) is 24.3 Å². The van der Waals surface area contributed by atoms with Crippen LogP contribution in [-0.2, 0) is 4.74 Å². The van der Waals surface area contributed by atoms with E-state index in [0.29, 0.717) is 13.2 Å². The van der Waals surface area contributed by atoms with Crippen molar-refractivity contribution in [2.24, 2.45) is 0 Å². The molecular weight excluding hydrogens is 240 g/mol. The first-order valence-corrected chi connectivity index (χ1v) is 6.77. The zero-order chi connectivity index (χ0) is 13.8. The second-order valence-corrected chi connectivity index (χ2v) is 4.16. The van der Waals surface area contributed by atoms with E-state index in [-0.39, 0.29) is 6.61 Å². The Balaban J connectivity index is 2.22. The number of hydrogen-bond acceptors (Lipinski definition) is 3. The van der Waals surface area contributed by atoms with Gasteiger partial charge in [0, 0.05) is 12.2 Å². The number of rotatable bonds is 8. The van der Waals surface area contributed by atoms with E-state index in [2.05, 4.69) is 18.8 Å². The van der Waals surface area contributed by atoms with Gasteiger partial charge in [0.25, 0.3) is 0 Å². The molecule has 0 aliphatic heterocycles. The Kier molecular flexibility index (Phi) is 8.54. The minimum absolute atomic E-state index is 0.128. The summed E-state index contributed by atoms with van der Waals surface area (Å²) in [6.07, 6.45) is 3.54. The molecule has 0 aliphatic carbocycles. The van der Waals surface area contributed by atoms with Crippen LogP contribution in [-0.4, -0.2) is 31.5 Å². The number of unbranched alkanes of at least 4 members (excludes halogenated alkanes) is 2. The molecule has 1 rings (SSSR count). The first-order chi connectivity index (χ1) is 9.36. The average molecular weight is 262 g/mol. The summed E-state index contributed by atoms with van der Waals surface area (Å²) in [5.41, 5.74) is 0.843. The molecule has 1 aromatic rings. The third-order valence-corrected chi connectivity index (χ3v) is 2.53. The van der Waals surface area contributed by atoms with Gasteiger partial charge in [-0.15, -0.1) is 0 Å². The molecule has 0 heterocycles. The Bertz CT molecular complexity index is 404. The Labute approximate surface area is 115 Å². The van der Waals surface area contributed by atoms with Crippen LogP contribution in [0.3, 0.4) is 0 Å². The van der Waals surface area contributed by atoms with Crippen molar-refractivity contribution < 1.29 is 14.6 Å². The fourth-order valence-corrected chi connectivity index (χ4v) is 1.58. The van der Waals surface area contributed by atoms with E-state index in [1.165, 1.54) is 12.8 Å². The molecule has 0 atom stereocenters. The van der Waals surface area contributed by atoms with E-state index in [0.717, 1.165) is 24.3 Å². The van der Waals surface area contributed by atoms with Crippen LogP contribution in [0.4, 0.5) is 0 Å². The summed E-state index contributed by atoms with van der Waals surface area (Å²) < 4.78 is 11.0. The van der Waals surface area contributed by atoms with Crippen LogP contribution < -0.4 is 4.74 Å². The normalized spacial score (nSPS) is 9.79. The highest BCUT2D eigenvalue weighted by Crippen LogP contribution is 2.12. The summed E-state index contributed by atoms with van der Waals surface area (Å²) in [4.78, 5) is 0. The molecule has 0 spiro atoms. The number of benzene rings is 1. The second kappa shape index (κ2) is 10.4. The number of aliphatic hydroxyl groups excluding tert-OH is 1. The lowest BCUT2D eigenvalue weighted by Crippen LogP contribution is -2.07. The highest BCUT2D eigenvalue weighted by molar-refractivity contribution is 5.39. The van der Waals surface area contributed by atoms with Crippen molar-refractivity contribution in [3.05, 3.63) is 29.8 Å². The standard InChI is InChI=1S/C16H22O3/c1-2-3-4-11-18-12-13-19-16-9-5-7-15(14-16)8-6-10-17/h5,7,9,14,17H,2-4,10-13H2,1H3. The molecule has 19 heavy (non-hydrogen) atoms. The summed E-state index contributed by atoms with van der Waals surface area (Å²) in [6.45, 7) is 4.00. The summed E-state index contributed by atoms with van der Waals surface area (Å²) in [5.74, 6) is 6.24. The monoisotopic (exact) mass is 262 g/mol. The van der Waals surface area contributed by atoms with E-state index in [1.54, 1.807) is 0 Å². The maximum Gasteiger partial charge on any atom is 0.120 e. The Hall–Kier alpha value is -1.50. The van der Waals surface area contributed by atoms with Crippen molar-refractivity contribution in [3.63, 3.8) is 0 Å². The second-order valence-electron chi connectivity index (χ2n) is 4.16. The van der Waals surface area contributed by atoms with Gasteiger partial charge in [0.05, 0.1) is 6.61 Å². The van der Waals surface area contributed by atoms with Gasteiger partial charge in [-0.1, -0.05) is 37.7 Å². The molecule has 0 radical (unpaired) electrons. The molecule has 0 amide bonds. The molecule has 3 nitrogen and oxygen atoms in total. The topological polar surface area (TPSA) is 38.7 Å². The van der Waals surface area contributed by atoms with Gasteiger partial charge in [0.1, 0.15) is 19.0 Å². The van der Waals surface area contributed by atoms with Gasteiger partial charge in [0.2, 0.25) is 0 Å². The molecular formula is C16H22O3. The molecule has 0 bridgehead atoms. The minimum Gasteiger partial charge on any atom is -0.491 e. The molecule has 0 saturated carbocycles. The van der Waals surface area contributed by atoms with Gasteiger partial charge in [0.15, 0.2) is 0 Å². The van der Waals surface area contributed by atoms with E-state index < -0.39 is 0 Å². The Morgan fingerprint density at radius 1 is 1.16 bits per heavy atom. The van der Waals surface area contributed by atoms with Crippen molar-refractivity contribution in [1.82, 2.24) is 0 Å². The molecule has 3 heteroatoms. The minimum atomic E-state index is -0.128. The Morgan fingerprint density at radius 3 is 2.84 bits per heavy atom. The molecule has 1 aromatic carbocycles. The van der Waals surface area contributed by atoms with Crippen LogP contribution >= 0.6 is 0 Å². The molecule has 0 saturated heterocycles. The molecule has 0 aliphatic rings. The van der Waals surface area contributed by atoms with Crippen molar-refractivity contribution in [3.8, 4) is 17.6 Å². The van der Waals surface area contributed by atoms with Crippen molar-refractivity contribution in [1.29, 1.82) is 0 Å². The van der Waals surface area contributed by atoms with Crippen LogP contribution in [0.25, 0.3) is 0 Å². The average Bonchev–Trinajstić information content (AvgIpc) is 2.44. The molecule has 1 N–H and O–H groups in total. The van der Waals surface area contributed by atoms with Crippen molar-refractivity contribution in [2.75, 3.05) is 26.4 Å². The van der Waals surface area contributed by atoms with Crippen molar-refractivity contribution in [2.45, 2.75) is 26.2 Å². The lowest BCUT2D eigenvalue weighted by molar-refractivity contribution is 0.0973. The highest BCUT2D eigenvalue weighted by Gasteiger charge is 1.95. The third kappa shape index (κ3) is 7.50. The summed E-state index contributed by atoms with van der Waals surface area (Å²) >= 11 is 0. The first kappa shape index (κ1) is 15.6. The van der Waals surface area contributed by atoms with Gasteiger partial charge in [-0.2, -0.15) is 0 Å². The number of ether oxygens (including phenoxy) is 2. The molecule has 0 unspecified atom stereocenters. The predicted molar refractivity (Wildman–Crippen MR) is 76.2 cm³/mol. The largest absolute Gasteiger partial charge is 0.491 e. The fraction of sp³-hybridized carbons (Fsp3) is 0.500. The van der Waals surface area contributed by atoms with Crippen LogP contribution in [0, 0.1) is 11.8 Å². The number of aliphatic hydroxyl groups is 1. The molecule has 104 valence electrons. The van der Waals surface area contributed by atoms with Gasteiger partial charge in [-0.3, -0.25) is 0 Å². The first-order valence-electron chi connectivity index (χ1n) is 6.77. The lowest BCUT2D eigenvalue weighted by Gasteiger charge is -2.07. The van der Waals surface area contributed by atoms with Crippen molar-refractivity contribution >= 4 is 0 Å². The predicted octanol–water partition coefficient (Wildman–Crippen LogP) is 2.62. The van der Waals surface area contributed by atoms with E-state index >= 15 is 0 Å². The quantitative estimate of drug-likeness (QED) is 0.578.